The Labute approximate surface area is 109 Å². The minimum absolute atomic E-state index is 0.285. The number of benzene rings is 1. The first-order valence-electron chi connectivity index (χ1n) is 5.60. The van der Waals surface area contributed by atoms with Gasteiger partial charge in [-0.25, -0.2) is 4.79 Å². The summed E-state index contributed by atoms with van der Waals surface area (Å²) in [4.78, 5) is 11.5. The molecule has 0 unspecified atom stereocenters. The average molecular weight is 299 g/mol. The van der Waals surface area contributed by atoms with E-state index < -0.39 is 5.60 Å². The van der Waals surface area contributed by atoms with Crippen molar-refractivity contribution in [1.29, 1.82) is 0 Å². The van der Waals surface area contributed by atoms with Gasteiger partial charge in [0.1, 0.15) is 0 Å². The molecule has 0 bridgehead atoms. The van der Waals surface area contributed by atoms with E-state index in [1.807, 2.05) is 24.3 Å². The van der Waals surface area contributed by atoms with Crippen LogP contribution in [0.4, 0.5) is 10.5 Å². The minimum Gasteiger partial charge on any atom is -0.388 e. The molecule has 1 aliphatic carbocycles. The van der Waals surface area contributed by atoms with Gasteiger partial charge in [-0.1, -0.05) is 15.9 Å². The van der Waals surface area contributed by atoms with Gasteiger partial charge in [-0.15, -0.1) is 0 Å². The highest BCUT2D eigenvalue weighted by Crippen LogP contribution is 2.30. The maximum absolute atomic E-state index is 11.5. The van der Waals surface area contributed by atoms with Crippen LogP contribution in [-0.2, 0) is 0 Å². The van der Waals surface area contributed by atoms with Crippen molar-refractivity contribution in [2.45, 2.75) is 24.9 Å². The van der Waals surface area contributed by atoms with E-state index in [1.165, 1.54) is 0 Å². The lowest BCUT2D eigenvalue weighted by Gasteiger charge is -2.36. The van der Waals surface area contributed by atoms with Gasteiger partial charge in [0.05, 0.1) is 5.60 Å². The van der Waals surface area contributed by atoms with Gasteiger partial charge in [-0.05, 0) is 43.5 Å². The second-order valence-corrected chi connectivity index (χ2v) is 5.31. The quantitative estimate of drug-likeness (QED) is 0.803. The van der Waals surface area contributed by atoms with E-state index in [4.69, 9.17) is 0 Å². The standard InChI is InChI=1S/C12H15BrN2O2/c13-9-2-4-10(5-3-9)15-11(16)14-8-12(17)6-1-7-12/h2-5,17H,1,6-8H2,(H2,14,15,16). The van der Waals surface area contributed by atoms with Gasteiger partial charge in [0.2, 0.25) is 0 Å². The van der Waals surface area contributed by atoms with E-state index in [-0.39, 0.29) is 6.03 Å². The molecule has 0 spiro atoms. The van der Waals surface area contributed by atoms with Crippen molar-refractivity contribution in [2.24, 2.45) is 0 Å². The zero-order chi connectivity index (χ0) is 12.3. The first-order valence-corrected chi connectivity index (χ1v) is 6.40. The van der Waals surface area contributed by atoms with Gasteiger partial charge in [0.15, 0.2) is 0 Å². The van der Waals surface area contributed by atoms with Gasteiger partial charge in [0.25, 0.3) is 0 Å². The van der Waals surface area contributed by atoms with Gasteiger partial charge >= 0.3 is 6.03 Å². The summed E-state index contributed by atoms with van der Waals surface area (Å²) in [6.45, 7) is 0.315. The van der Waals surface area contributed by atoms with Crippen LogP contribution in [0.2, 0.25) is 0 Å². The number of halogens is 1. The van der Waals surface area contributed by atoms with Gasteiger partial charge in [0, 0.05) is 16.7 Å². The molecule has 17 heavy (non-hydrogen) atoms. The second kappa shape index (κ2) is 5.06. The zero-order valence-electron chi connectivity index (χ0n) is 9.37. The van der Waals surface area contributed by atoms with Gasteiger partial charge in [-0.2, -0.15) is 0 Å². The lowest BCUT2D eigenvalue weighted by Crippen LogP contribution is -2.48. The number of anilines is 1. The maximum Gasteiger partial charge on any atom is 0.319 e. The maximum atomic E-state index is 11.5. The van der Waals surface area contributed by atoms with Crippen LogP contribution >= 0.6 is 15.9 Å². The molecule has 0 radical (unpaired) electrons. The number of rotatable bonds is 3. The van der Waals surface area contributed by atoms with Crippen LogP contribution in [-0.4, -0.2) is 23.3 Å². The number of amides is 2. The molecule has 0 aliphatic heterocycles. The summed E-state index contributed by atoms with van der Waals surface area (Å²) in [5, 5.41) is 15.2. The number of carbonyl (C=O) groups is 1. The zero-order valence-corrected chi connectivity index (χ0v) is 11.0. The van der Waals surface area contributed by atoms with Crippen LogP contribution in [0, 0.1) is 0 Å². The van der Waals surface area contributed by atoms with Crippen molar-refractivity contribution in [2.75, 3.05) is 11.9 Å². The number of hydrogen-bond donors (Lipinski definition) is 3. The summed E-state index contributed by atoms with van der Waals surface area (Å²) in [6.07, 6.45) is 2.57. The summed E-state index contributed by atoms with van der Waals surface area (Å²) >= 11 is 3.32. The van der Waals surface area contributed by atoms with Gasteiger partial charge < -0.3 is 15.7 Å². The molecule has 3 N–H and O–H groups in total. The van der Waals surface area contributed by atoms with Crippen LogP contribution < -0.4 is 10.6 Å². The molecule has 92 valence electrons. The summed E-state index contributed by atoms with van der Waals surface area (Å²) in [5.74, 6) is 0. The predicted octanol–water partition coefficient (Wildman–Crippen LogP) is 2.49. The summed E-state index contributed by atoms with van der Waals surface area (Å²) in [6, 6.07) is 7.04. The van der Waals surface area contributed by atoms with Crippen molar-refractivity contribution in [3.8, 4) is 0 Å². The van der Waals surface area contributed by atoms with E-state index in [0.29, 0.717) is 6.54 Å². The Morgan fingerprint density at radius 3 is 2.53 bits per heavy atom. The fourth-order valence-electron chi connectivity index (χ4n) is 1.71. The highest BCUT2D eigenvalue weighted by Gasteiger charge is 2.34. The van der Waals surface area contributed by atoms with Crippen LogP contribution in [0.25, 0.3) is 0 Å². The smallest absolute Gasteiger partial charge is 0.319 e. The first-order chi connectivity index (χ1) is 8.07. The van der Waals surface area contributed by atoms with E-state index in [2.05, 4.69) is 26.6 Å². The summed E-state index contributed by atoms with van der Waals surface area (Å²) < 4.78 is 0.965. The molecule has 1 fully saturated rings. The van der Waals surface area contributed by atoms with Crippen molar-refractivity contribution in [1.82, 2.24) is 5.32 Å². The van der Waals surface area contributed by atoms with E-state index in [9.17, 15) is 9.90 Å². The minimum atomic E-state index is -0.683. The largest absolute Gasteiger partial charge is 0.388 e. The lowest BCUT2D eigenvalue weighted by atomic mass is 9.80. The van der Waals surface area contributed by atoms with Crippen LogP contribution in [0.5, 0.6) is 0 Å². The third-order valence-electron chi connectivity index (χ3n) is 2.96. The second-order valence-electron chi connectivity index (χ2n) is 4.39. The molecule has 1 aromatic carbocycles. The highest BCUT2D eigenvalue weighted by atomic mass is 79.9. The van der Waals surface area contributed by atoms with E-state index in [1.54, 1.807) is 0 Å². The number of urea groups is 1. The molecule has 0 atom stereocenters. The Morgan fingerprint density at radius 2 is 2.00 bits per heavy atom. The number of hydrogen-bond acceptors (Lipinski definition) is 2. The van der Waals surface area contributed by atoms with Crippen LogP contribution in [0.15, 0.2) is 28.7 Å². The number of aliphatic hydroxyl groups is 1. The number of carbonyl (C=O) groups excluding carboxylic acids is 1. The third-order valence-corrected chi connectivity index (χ3v) is 3.49. The van der Waals surface area contributed by atoms with Gasteiger partial charge in [-0.3, -0.25) is 0 Å². The predicted molar refractivity (Wildman–Crippen MR) is 70.0 cm³/mol. The molecule has 5 heteroatoms. The Bertz CT molecular complexity index is 401. The third kappa shape index (κ3) is 3.44. The Hall–Kier alpha value is -1.07. The normalized spacial score (nSPS) is 17.1. The molecule has 1 saturated carbocycles. The molecule has 0 aromatic heterocycles. The molecule has 0 saturated heterocycles. The molecule has 2 rings (SSSR count). The topological polar surface area (TPSA) is 61.4 Å². The summed E-state index contributed by atoms with van der Waals surface area (Å²) in [7, 11) is 0. The molecule has 2 amide bonds. The molecule has 1 aromatic rings. The van der Waals surface area contributed by atoms with E-state index >= 15 is 0 Å². The average Bonchev–Trinajstić information content (AvgIpc) is 2.27. The van der Waals surface area contributed by atoms with Crippen molar-refractivity contribution < 1.29 is 9.90 Å². The Kier molecular flexibility index (Phi) is 3.69. The summed E-state index contributed by atoms with van der Waals surface area (Å²) in [5.41, 5.74) is 0.0446. The Balaban J connectivity index is 1.79. The molecule has 4 nitrogen and oxygen atoms in total. The first kappa shape index (κ1) is 12.4. The molecular formula is C12H15BrN2O2. The van der Waals surface area contributed by atoms with Crippen molar-refractivity contribution >= 4 is 27.6 Å². The number of nitrogens with one attached hydrogen (secondary N) is 2. The van der Waals surface area contributed by atoms with E-state index in [0.717, 1.165) is 29.4 Å². The molecule has 1 aliphatic rings. The Morgan fingerprint density at radius 1 is 1.35 bits per heavy atom. The van der Waals surface area contributed by atoms with Crippen molar-refractivity contribution in [3.63, 3.8) is 0 Å². The highest BCUT2D eigenvalue weighted by molar-refractivity contribution is 9.10. The fraction of sp³-hybridized carbons (Fsp3) is 0.417. The van der Waals surface area contributed by atoms with Crippen LogP contribution in [0.1, 0.15) is 19.3 Å². The monoisotopic (exact) mass is 298 g/mol. The molecular weight excluding hydrogens is 284 g/mol. The van der Waals surface area contributed by atoms with Crippen molar-refractivity contribution in [3.05, 3.63) is 28.7 Å². The lowest BCUT2D eigenvalue weighted by molar-refractivity contribution is -0.0287. The molecule has 0 heterocycles. The fourth-order valence-corrected chi connectivity index (χ4v) is 1.98. The SMILES string of the molecule is O=C(NCC1(O)CCC1)Nc1ccc(Br)cc1. The van der Waals surface area contributed by atoms with Crippen LogP contribution in [0.3, 0.4) is 0 Å².